The van der Waals surface area contributed by atoms with Gasteiger partial charge < -0.3 is 10.2 Å². The second-order valence-electron chi connectivity index (χ2n) is 6.04. The number of carbonyl (C=O) groups is 1. The molecule has 5 heteroatoms. The maximum absolute atomic E-state index is 12.2. The average molecular weight is 346 g/mol. The van der Waals surface area contributed by atoms with E-state index in [1.54, 1.807) is 17.3 Å². The van der Waals surface area contributed by atoms with Crippen molar-refractivity contribution >= 4 is 23.2 Å². The second kappa shape index (κ2) is 8.69. The van der Waals surface area contributed by atoms with Gasteiger partial charge in [-0.2, -0.15) is 0 Å². The van der Waals surface area contributed by atoms with Crippen molar-refractivity contribution in [2.24, 2.45) is 0 Å². The molecular formula is C19H24ClN3O. The van der Waals surface area contributed by atoms with Gasteiger partial charge in [0.25, 0.3) is 0 Å². The Bertz CT molecular complexity index is 665. The normalized spacial score (nSPS) is 10.5. The van der Waals surface area contributed by atoms with Gasteiger partial charge in [-0.1, -0.05) is 17.7 Å². The fourth-order valence-electron chi connectivity index (χ4n) is 2.60. The third-order valence-electron chi connectivity index (χ3n) is 3.98. The lowest BCUT2D eigenvalue weighted by Gasteiger charge is -2.18. The number of aromatic nitrogens is 1. The van der Waals surface area contributed by atoms with E-state index in [9.17, 15) is 4.79 Å². The van der Waals surface area contributed by atoms with Gasteiger partial charge in [0.05, 0.1) is 10.7 Å². The molecule has 0 radical (unpaired) electrons. The van der Waals surface area contributed by atoms with Gasteiger partial charge in [0.1, 0.15) is 0 Å². The topological polar surface area (TPSA) is 45.2 Å². The minimum atomic E-state index is 0.123. The van der Waals surface area contributed by atoms with Gasteiger partial charge in [0.15, 0.2) is 0 Å². The molecule has 0 aliphatic rings. The molecule has 0 saturated heterocycles. The fourth-order valence-corrected chi connectivity index (χ4v) is 2.98. The van der Waals surface area contributed by atoms with E-state index >= 15 is 0 Å². The van der Waals surface area contributed by atoms with Gasteiger partial charge in [0, 0.05) is 39.0 Å². The smallest absolute Gasteiger partial charge is 0.224 e. The number of benzene rings is 1. The molecule has 2 aromatic rings. The largest absolute Gasteiger partial charge is 0.383 e. The van der Waals surface area contributed by atoms with Gasteiger partial charge in [-0.05, 0) is 55.2 Å². The first-order chi connectivity index (χ1) is 11.5. The lowest BCUT2D eigenvalue weighted by Crippen LogP contribution is -2.30. The summed E-state index contributed by atoms with van der Waals surface area (Å²) in [7, 11) is 1.84. The van der Waals surface area contributed by atoms with Crippen molar-refractivity contribution in [3.63, 3.8) is 0 Å². The lowest BCUT2D eigenvalue weighted by molar-refractivity contribution is -0.129. The Morgan fingerprint density at radius 3 is 2.62 bits per heavy atom. The molecule has 4 nitrogen and oxygen atoms in total. The summed E-state index contributed by atoms with van der Waals surface area (Å²) >= 11 is 6.27. The van der Waals surface area contributed by atoms with E-state index in [1.165, 1.54) is 5.56 Å². The van der Waals surface area contributed by atoms with Crippen LogP contribution < -0.4 is 5.32 Å². The Hall–Kier alpha value is -2.07. The third kappa shape index (κ3) is 5.24. The van der Waals surface area contributed by atoms with Crippen LogP contribution in [0.25, 0.3) is 0 Å². The number of anilines is 1. The maximum atomic E-state index is 12.2. The molecular weight excluding hydrogens is 322 g/mol. The molecule has 0 spiro atoms. The molecule has 0 unspecified atom stereocenters. The number of pyridine rings is 1. The molecule has 24 heavy (non-hydrogen) atoms. The molecule has 1 heterocycles. The third-order valence-corrected chi connectivity index (χ3v) is 4.28. The minimum absolute atomic E-state index is 0.123. The van der Waals surface area contributed by atoms with Gasteiger partial charge >= 0.3 is 0 Å². The monoisotopic (exact) mass is 345 g/mol. The molecule has 0 fully saturated rings. The van der Waals surface area contributed by atoms with Crippen LogP contribution in [0.5, 0.6) is 0 Å². The first kappa shape index (κ1) is 18.3. The number of nitrogens with zero attached hydrogens (tertiary/aromatic N) is 2. The van der Waals surface area contributed by atoms with Gasteiger partial charge in [-0.3, -0.25) is 9.78 Å². The molecule has 1 aromatic carbocycles. The van der Waals surface area contributed by atoms with E-state index in [2.05, 4.69) is 16.4 Å². The number of aryl methyl sites for hydroxylation is 2. The second-order valence-corrected chi connectivity index (χ2v) is 6.44. The number of carbonyl (C=O) groups excluding carboxylic acids is 1. The van der Waals surface area contributed by atoms with Gasteiger partial charge in [-0.25, -0.2) is 0 Å². The van der Waals surface area contributed by atoms with Gasteiger partial charge in [0.2, 0.25) is 5.91 Å². The van der Waals surface area contributed by atoms with Gasteiger partial charge in [-0.15, -0.1) is 0 Å². The highest BCUT2D eigenvalue weighted by Crippen LogP contribution is 2.27. The summed E-state index contributed by atoms with van der Waals surface area (Å²) in [4.78, 5) is 18.0. The van der Waals surface area contributed by atoms with Crippen molar-refractivity contribution in [2.45, 2.75) is 26.7 Å². The minimum Gasteiger partial charge on any atom is -0.383 e. The lowest BCUT2D eigenvalue weighted by atomic mass is 10.1. The summed E-state index contributed by atoms with van der Waals surface area (Å²) < 4.78 is 0. The number of hydrogen-bond donors (Lipinski definition) is 1. The highest BCUT2D eigenvalue weighted by atomic mass is 35.5. The maximum Gasteiger partial charge on any atom is 0.224 e. The summed E-state index contributed by atoms with van der Waals surface area (Å²) in [5.74, 6) is 0.123. The molecule has 2 rings (SSSR count). The number of amides is 1. The van der Waals surface area contributed by atoms with Crippen molar-refractivity contribution in [1.82, 2.24) is 9.88 Å². The van der Waals surface area contributed by atoms with Crippen LogP contribution in [0.3, 0.4) is 0 Å². The van der Waals surface area contributed by atoms with Crippen LogP contribution in [0.2, 0.25) is 5.02 Å². The first-order valence-electron chi connectivity index (χ1n) is 8.11. The zero-order valence-corrected chi connectivity index (χ0v) is 15.2. The van der Waals surface area contributed by atoms with Crippen molar-refractivity contribution in [3.05, 3.63) is 58.4 Å². The number of likely N-dealkylation sites (N-methyl/N-ethyl adjacent to an activating group) is 1. The fraction of sp³-hybridized carbons (Fsp3) is 0.368. The summed E-state index contributed by atoms with van der Waals surface area (Å²) in [6.45, 7) is 5.31. The van der Waals surface area contributed by atoms with E-state index < -0.39 is 0 Å². The van der Waals surface area contributed by atoms with Crippen LogP contribution in [0.15, 0.2) is 36.7 Å². The molecule has 1 aromatic heterocycles. The van der Waals surface area contributed by atoms with Crippen molar-refractivity contribution in [3.8, 4) is 0 Å². The van der Waals surface area contributed by atoms with E-state index in [0.717, 1.165) is 23.2 Å². The van der Waals surface area contributed by atoms with E-state index in [1.807, 2.05) is 39.1 Å². The van der Waals surface area contributed by atoms with E-state index in [-0.39, 0.29) is 5.91 Å². The Morgan fingerprint density at radius 2 is 1.96 bits per heavy atom. The highest BCUT2D eigenvalue weighted by molar-refractivity contribution is 6.33. The van der Waals surface area contributed by atoms with Crippen molar-refractivity contribution in [1.29, 1.82) is 0 Å². The summed E-state index contributed by atoms with van der Waals surface area (Å²) in [6.07, 6.45) is 4.82. The number of nitrogens with one attached hydrogen (secondary N) is 1. The Labute approximate surface area is 148 Å². The molecule has 0 atom stereocenters. The Kier molecular flexibility index (Phi) is 6.62. The summed E-state index contributed by atoms with van der Waals surface area (Å²) in [6, 6.07) is 7.96. The molecule has 0 aliphatic carbocycles. The molecule has 0 saturated carbocycles. The predicted octanol–water partition coefficient (Wildman–Crippen LogP) is 3.85. The molecule has 0 bridgehead atoms. The highest BCUT2D eigenvalue weighted by Gasteiger charge is 2.10. The first-order valence-corrected chi connectivity index (χ1v) is 8.48. The zero-order valence-electron chi connectivity index (χ0n) is 14.5. The van der Waals surface area contributed by atoms with Crippen LogP contribution in [0.4, 0.5) is 5.69 Å². The van der Waals surface area contributed by atoms with E-state index in [4.69, 9.17) is 11.6 Å². The molecule has 1 N–H and O–H groups in total. The van der Waals surface area contributed by atoms with Crippen LogP contribution in [-0.2, 0) is 11.2 Å². The predicted molar refractivity (Wildman–Crippen MR) is 99.6 cm³/mol. The Balaban J connectivity index is 1.78. The SMILES string of the molecule is Cc1cc(C)c(NCCC(=O)N(C)CCc2ccncc2)c(Cl)c1. The molecule has 1 amide bonds. The number of rotatable bonds is 7. The standard InChI is InChI=1S/C19H24ClN3O/c1-14-12-15(2)19(17(20)13-14)22-10-6-18(24)23(3)11-7-16-4-8-21-9-5-16/h4-5,8-9,12-13,22H,6-7,10-11H2,1-3H3. The van der Waals surface area contributed by atoms with Crippen LogP contribution in [0.1, 0.15) is 23.1 Å². The number of hydrogen-bond acceptors (Lipinski definition) is 3. The quantitative estimate of drug-likeness (QED) is 0.828. The van der Waals surface area contributed by atoms with E-state index in [0.29, 0.717) is 24.5 Å². The Morgan fingerprint density at radius 1 is 1.25 bits per heavy atom. The molecule has 128 valence electrons. The average Bonchev–Trinajstić information content (AvgIpc) is 2.55. The zero-order chi connectivity index (χ0) is 17.5. The van der Waals surface area contributed by atoms with Crippen LogP contribution >= 0.6 is 11.6 Å². The van der Waals surface area contributed by atoms with Crippen molar-refractivity contribution < 1.29 is 4.79 Å². The summed E-state index contributed by atoms with van der Waals surface area (Å²) in [5, 5.41) is 3.98. The van der Waals surface area contributed by atoms with Crippen LogP contribution in [-0.4, -0.2) is 35.9 Å². The number of halogens is 1. The summed E-state index contributed by atoms with van der Waals surface area (Å²) in [5.41, 5.74) is 4.33. The molecule has 0 aliphatic heterocycles. The van der Waals surface area contributed by atoms with Crippen molar-refractivity contribution in [2.75, 3.05) is 25.5 Å². The van der Waals surface area contributed by atoms with Crippen LogP contribution in [0, 0.1) is 13.8 Å².